The van der Waals surface area contributed by atoms with Crippen molar-refractivity contribution < 1.29 is 14.6 Å². The number of aromatic hydroxyl groups is 1. The van der Waals surface area contributed by atoms with Crippen molar-refractivity contribution in [3.8, 4) is 17.2 Å². The van der Waals surface area contributed by atoms with Crippen molar-refractivity contribution in [2.75, 3.05) is 13.3 Å². The molecule has 0 amide bonds. The summed E-state index contributed by atoms with van der Waals surface area (Å²) in [4.78, 5) is 2.44. The quantitative estimate of drug-likeness (QED) is 0.893. The molecule has 1 unspecified atom stereocenters. The van der Waals surface area contributed by atoms with Crippen molar-refractivity contribution in [2.45, 2.75) is 38.8 Å². The van der Waals surface area contributed by atoms with Crippen LogP contribution in [-0.2, 0) is 6.54 Å². The molecule has 0 bridgehead atoms. The van der Waals surface area contributed by atoms with Gasteiger partial charge in [-0.15, -0.1) is 0 Å². The number of nitrogens with zero attached hydrogens (tertiary/aromatic N) is 1. The lowest BCUT2D eigenvalue weighted by Gasteiger charge is -2.23. The van der Waals surface area contributed by atoms with Crippen LogP contribution in [0.2, 0.25) is 0 Å². The van der Waals surface area contributed by atoms with Gasteiger partial charge in [-0.2, -0.15) is 0 Å². The van der Waals surface area contributed by atoms with Crippen LogP contribution in [-0.4, -0.2) is 29.4 Å². The predicted octanol–water partition coefficient (Wildman–Crippen LogP) is 2.50. The van der Waals surface area contributed by atoms with Crippen molar-refractivity contribution in [1.82, 2.24) is 4.90 Å². The first kappa shape index (κ1) is 11.7. The summed E-state index contributed by atoms with van der Waals surface area (Å²) in [6.07, 6.45) is 3.69. The Labute approximate surface area is 107 Å². The van der Waals surface area contributed by atoms with Crippen molar-refractivity contribution in [2.24, 2.45) is 0 Å². The molecule has 1 atom stereocenters. The second-order valence-electron chi connectivity index (χ2n) is 5.01. The minimum Gasteiger partial charge on any atom is -0.507 e. The number of phenols is 1. The Morgan fingerprint density at radius 2 is 2.11 bits per heavy atom. The van der Waals surface area contributed by atoms with Gasteiger partial charge in [0.2, 0.25) is 6.79 Å². The Hall–Kier alpha value is -1.42. The minimum atomic E-state index is 0.250. The summed E-state index contributed by atoms with van der Waals surface area (Å²) >= 11 is 0. The van der Waals surface area contributed by atoms with Crippen molar-refractivity contribution in [1.29, 1.82) is 0 Å². The Bertz CT molecular complexity index is 447. The zero-order valence-corrected chi connectivity index (χ0v) is 10.7. The van der Waals surface area contributed by atoms with E-state index < -0.39 is 0 Å². The van der Waals surface area contributed by atoms with Crippen LogP contribution in [0.5, 0.6) is 17.2 Å². The molecule has 3 rings (SSSR count). The van der Waals surface area contributed by atoms with Gasteiger partial charge in [-0.3, -0.25) is 4.90 Å². The van der Waals surface area contributed by atoms with Gasteiger partial charge < -0.3 is 14.6 Å². The van der Waals surface area contributed by atoms with Gasteiger partial charge in [0.25, 0.3) is 0 Å². The van der Waals surface area contributed by atoms with Crippen molar-refractivity contribution in [3.05, 3.63) is 17.7 Å². The van der Waals surface area contributed by atoms with Gasteiger partial charge in [-0.25, -0.2) is 0 Å². The molecule has 0 aliphatic carbocycles. The summed E-state index contributed by atoms with van der Waals surface area (Å²) in [7, 11) is 0. The molecule has 2 aliphatic rings. The van der Waals surface area contributed by atoms with Crippen LogP contribution < -0.4 is 9.47 Å². The molecular formula is C14H19NO3. The van der Waals surface area contributed by atoms with E-state index in [4.69, 9.17) is 9.47 Å². The molecule has 0 spiro atoms. The number of rotatable bonds is 3. The molecular weight excluding hydrogens is 230 g/mol. The smallest absolute Gasteiger partial charge is 0.231 e. The van der Waals surface area contributed by atoms with Crippen molar-refractivity contribution >= 4 is 0 Å². The molecule has 1 fully saturated rings. The first-order valence-electron chi connectivity index (χ1n) is 6.63. The average Bonchev–Trinajstić information content (AvgIpc) is 2.98. The number of likely N-dealkylation sites (tertiary alicyclic amines) is 1. The zero-order chi connectivity index (χ0) is 12.5. The topological polar surface area (TPSA) is 41.9 Å². The monoisotopic (exact) mass is 249 g/mol. The van der Waals surface area contributed by atoms with Crippen molar-refractivity contribution in [3.63, 3.8) is 0 Å². The highest BCUT2D eigenvalue weighted by Gasteiger charge is 2.25. The Balaban J connectivity index is 1.80. The Morgan fingerprint density at radius 1 is 1.33 bits per heavy atom. The molecule has 2 aliphatic heterocycles. The van der Waals surface area contributed by atoms with Crippen LogP contribution in [0.25, 0.3) is 0 Å². The van der Waals surface area contributed by atoms with Crippen LogP contribution in [0.3, 0.4) is 0 Å². The summed E-state index contributed by atoms with van der Waals surface area (Å²) in [5.41, 5.74) is 0.930. The lowest BCUT2D eigenvalue weighted by atomic mass is 10.1. The summed E-state index contributed by atoms with van der Waals surface area (Å²) < 4.78 is 10.6. The zero-order valence-electron chi connectivity index (χ0n) is 10.7. The fourth-order valence-corrected chi connectivity index (χ4v) is 2.88. The Kier molecular flexibility index (Phi) is 3.04. The second-order valence-corrected chi connectivity index (χ2v) is 5.01. The van der Waals surface area contributed by atoms with E-state index in [2.05, 4.69) is 11.8 Å². The van der Waals surface area contributed by atoms with E-state index in [1.165, 1.54) is 19.3 Å². The van der Waals surface area contributed by atoms with Gasteiger partial charge in [0, 0.05) is 24.2 Å². The third-order valence-corrected chi connectivity index (χ3v) is 3.92. The molecule has 18 heavy (non-hydrogen) atoms. The van der Waals surface area contributed by atoms with Crippen LogP contribution in [0.1, 0.15) is 31.7 Å². The maximum Gasteiger partial charge on any atom is 0.231 e. The SMILES string of the molecule is CCC1CCCN1Cc1cc2c(cc1O)OCO2. The maximum absolute atomic E-state index is 10.0. The molecule has 2 heterocycles. The van der Waals surface area contributed by atoms with Gasteiger partial charge in [-0.05, 0) is 31.9 Å². The average molecular weight is 249 g/mol. The number of hydrogen-bond acceptors (Lipinski definition) is 4. The van der Waals surface area contributed by atoms with Gasteiger partial charge in [0.1, 0.15) is 5.75 Å². The highest BCUT2D eigenvalue weighted by Crippen LogP contribution is 2.38. The summed E-state index contributed by atoms with van der Waals surface area (Å²) in [5.74, 6) is 1.70. The lowest BCUT2D eigenvalue weighted by molar-refractivity contribution is 0.173. The fourth-order valence-electron chi connectivity index (χ4n) is 2.88. The number of ether oxygens (including phenoxy) is 2. The number of benzene rings is 1. The molecule has 0 saturated carbocycles. The van der Waals surface area contributed by atoms with E-state index in [0.29, 0.717) is 17.5 Å². The lowest BCUT2D eigenvalue weighted by Crippen LogP contribution is -2.28. The van der Waals surface area contributed by atoms with Crippen LogP contribution in [0, 0.1) is 0 Å². The third kappa shape index (κ3) is 2.01. The third-order valence-electron chi connectivity index (χ3n) is 3.92. The summed E-state index contributed by atoms with van der Waals surface area (Å²) in [5, 5.41) is 10.0. The van der Waals surface area contributed by atoms with E-state index >= 15 is 0 Å². The summed E-state index contributed by atoms with van der Waals surface area (Å²) in [6, 6.07) is 4.21. The number of hydrogen-bond donors (Lipinski definition) is 1. The van der Waals surface area contributed by atoms with E-state index in [0.717, 1.165) is 24.4 Å². The largest absolute Gasteiger partial charge is 0.507 e. The first-order valence-corrected chi connectivity index (χ1v) is 6.63. The standard InChI is InChI=1S/C14H19NO3/c1-2-11-4-3-5-15(11)8-10-6-13-14(7-12(10)16)18-9-17-13/h6-7,11,16H,2-5,8-9H2,1H3. The summed E-state index contributed by atoms with van der Waals surface area (Å²) in [6.45, 7) is 4.38. The molecule has 4 nitrogen and oxygen atoms in total. The van der Waals surface area contributed by atoms with Gasteiger partial charge in [0.15, 0.2) is 11.5 Å². The highest BCUT2D eigenvalue weighted by molar-refractivity contribution is 5.51. The van der Waals surface area contributed by atoms with E-state index in [9.17, 15) is 5.11 Å². The molecule has 0 radical (unpaired) electrons. The maximum atomic E-state index is 10.0. The molecule has 1 saturated heterocycles. The molecule has 1 aromatic rings. The predicted molar refractivity (Wildman–Crippen MR) is 68.0 cm³/mol. The first-order chi connectivity index (χ1) is 8.78. The van der Waals surface area contributed by atoms with E-state index in [-0.39, 0.29) is 6.79 Å². The van der Waals surface area contributed by atoms with E-state index in [1.54, 1.807) is 6.07 Å². The van der Waals surface area contributed by atoms with Gasteiger partial charge >= 0.3 is 0 Å². The molecule has 4 heteroatoms. The Morgan fingerprint density at radius 3 is 2.89 bits per heavy atom. The molecule has 0 aromatic heterocycles. The van der Waals surface area contributed by atoms with E-state index in [1.807, 2.05) is 6.07 Å². The molecule has 98 valence electrons. The number of fused-ring (bicyclic) bond motifs is 1. The van der Waals surface area contributed by atoms with Crippen LogP contribution in [0.4, 0.5) is 0 Å². The molecule has 1 N–H and O–H groups in total. The minimum absolute atomic E-state index is 0.250. The van der Waals surface area contributed by atoms with Gasteiger partial charge in [0.05, 0.1) is 0 Å². The number of phenolic OH excluding ortho intramolecular Hbond substituents is 1. The second kappa shape index (κ2) is 4.69. The highest BCUT2D eigenvalue weighted by atomic mass is 16.7. The molecule has 1 aromatic carbocycles. The van der Waals surface area contributed by atoms with Crippen LogP contribution >= 0.6 is 0 Å². The van der Waals surface area contributed by atoms with Crippen LogP contribution in [0.15, 0.2) is 12.1 Å². The normalized spacial score (nSPS) is 22.6. The fraction of sp³-hybridized carbons (Fsp3) is 0.571. The van der Waals surface area contributed by atoms with Gasteiger partial charge in [-0.1, -0.05) is 6.92 Å².